The van der Waals surface area contributed by atoms with Crippen molar-refractivity contribution >= 4 is 6.03 Å². The summed E-state index contributed by atoms with van der Waals surface area (Å²) in [6.07, 6.45) is 2.43. The largest absolute Gasteiger partial charge is 0.338 e. The first-order valence-electron chi connectivity index (χ1n) is 6.32. The molecule has 94 valence electrons. The highest BCUT2D eigenvalue weighted by Crippen LogP contribution is 2.19. The summed E-state index contributed by atoms with van der Waals surface area (Å²) in [6, 6.07) is 0.0940. The molecule has 4 heteroatoms. The van der Waals surface area contributed by atoms with Crippen molar-refractivity contribution in [3.05, 3.63) is 0 Å². The van der Waals surface area contributed by atoms with Crippen molar-refractivity contribution in [3.8, 4) is 0 Å². The van der Waals surface area contributed by atoms with Crippen molar-refractivity contribution in [2.75, 3.05) is 26.7 Å². The first kappa shape index (κ1) is 13.3. The van der Waals surface area contributed by atoms with Crippen LogP contribution in [0.4, 0.5) is 4.79 Å². The Morgan fingerprint density at radius 3 is 2.69 bits per heavy atom. The van der Waals surface area contributed by atoms with Crippen LogP contribution in [-0.2, 0) is 0 Å². The second kappa shape index (κ2) is 6.09. The van der Waals surface area contributed by atoms with E-state index in [2.05, 4.69) is 38.0 Å². The number of carbonyl (C=O) groups is 1. The summed E-state index contributed by atoms with van der Waals surface area (Å²) < 4.78 is 0. The van der Waals surface area contributed by atoms with E-state index in [1.807, 2.05) is 4.90 Å². The third kappa shape index (κ3) is 3.11. The van der Waals surface area contributed by atoms with Crippen LogP contribution in [0.2, 0.25) is 0 Å². The Morgan fingerprint density at radius 2 is 2.12 bits per heavy atom. The molecule has 1 fully saturated rings. The predicted molar refractivity (Wildman–Crippen MR) is 66.3 cm³/mol. The van der Waals surface area contributed by atoms with Crippen molar-refractivity contribution in [2.45, 2.75) is 39.8 Å². The average molecular weight is 227 g/mol. The standard InChI is InChI=1S/C12H25N3O/c1-5-6-7-13-12(16)15-9-8-14(4)11(15)10(2)3/h10-11H,5-9H2,1-4H3,(H,13,16). The van der Waals surface area contributed by atoms with Crippen LogP contribution < -0.4 is 5.32 Å². The molecule has 2 amide bonds. The van der Waals surface area contributed by atoms with Gasteiger partial charge in [-0.3, -0.25) is 4.90 Å². The molecule has 0 spiro atoms. The topological polar surface area (TPSA) is 35.6 Å². The molecule has 1 aliphatic rings. The van der Waals surface area contributed by atoms with Crippen molar-refractivity contribution < 1.29 is 4.79 Å². The number of amides is 2. The second-order valence-electron chi connectivity index (χ2n) is 4.92. The van der Waals surface area contributed by atoms with E-state index in [1.54, 1.807) is 0 Å². The minimum absolute atomic E-state index is 0.0940. The van der Waals surface area contributed by atoms with Gasteiger partial charge < -0.3 is 10.2 Å². The van der Waals surface area contributed by atoms with Gasteiger partial charge in [0.25, 0.3) is 0 Å². The minimum atomic E-state index is 0.0940. The second-order valence-corrected chi connectivity index (χ2v) is 4.92. The molecular weight excluding hydrogens is 202 g/mol. The van der Waals surface area contributed by atoms with E-state index >= 15 is 0 Å². The maximum Gasteiger partial charge on any atom is 0.318 e. The molecular formula is C12H25N3O. The highest BCUT2D eigenvalue weighted by molar-refractivity contribution is 5.74. The molecule has 1 saturated heterocycles. The van der Waals surface area contributed by atoms with Gasteiger partial charge in [-0.1, -0.05) is 27.2 Å². The van der Waals surface area contributed by atoms with Gasteiger partial charge in [-0.2, -0.15) is 0 Å². The van der Waals surface area contributed by atoms with Gasteiger partial charge in [0.1, 0.15) is 0 Å². The number of unbranched alkanes of at least 4 members (excludes halogenated alkanes) is 1. The number of nitrogens with one attached hydrogen (secondary N) is 1. The highest BCUT2D eigenvalue weighted by atomic mass is 16.2. The van der Waals surface area contributed by atoms with Crippen molar-refractivity contribution in [1.82, 2.24) is 15.1 Å². The first-order valence-corrected chi connectivity index (χ1v) is 6.32. The molecule has 1 aliphatic heterocycles. The van der Waals surface area contributed by atoms with E-state index in [9.17, 15) is 4.79 Å². The summed E-state index contributed by atoms with van der Waals surface area (Å²) in [5.74, 6) is 0.476. The maximum atomic E-state index is 12.0. The van der Waals surface area contributed by atoms with Gasteiger partial charge in [0.05, 0.1) is 6.17 Å². The normalized spacial score (nSPS) is 21.8. The van der Waals surface area contributed by atoms with Crippen LogP contribution in [-0.4, -0.2) is 48.7 Å². The van der Waals surface area contributed by atoms with E-state index in [0.717, 1.165) is 32.5 Å². The number of hydrogen-bond acceptors (Lipinski definition) is 2. The third-order valence-corrected chi connectivity index (χ3v) is 3.13. The van der Waals surface area contributed by atoms with Gasteiger partial charge in [0, 0.05) is 19.6 Å². The Hall–Kier alpha value is -0.770. The zero-order valence-corrected chi connectivity index (χ0v) is 11.0. The fourth-order valence-corrected chi connectivity index (χ4v) is 2.33. The van der Waals surface area contributed by atoms with Gasteiger partial charge >= 0.3 is 6.03 Å². The molecule has 0 aromatic rings. The van der Waals surface area contributed by atoms with Crippen molar-refractivity contribution in [1.29, 1.82) is 0 Å². The lowest BCUT2D eigenvalue weighted by Crippen LogP contribution is -2.48. The molecule has 0 radical (unpaired) electrons. The number of urea groups is 1. The van der Waals surface area contributed by atoms with Gasteiger partial charge in [0.15, 0.2) is 0 Å². The summed E-state index contributed by atoms with van der Waals surface area (Å²) in [4.78, 5) is 16.2. The van der Waals surface area contributed by atoms with Gasteiger partial charge in [-0.05, 0) is 19.4 Å². The summed E-state index contributed by atoms with van der Waals surface area (Å²) in [5, 5.41) is 2.99. The van der Waals surface area contributed by atoms with E-state index in [1.165, 1.54) is 0 Å². The molecule has 1 heterocycles. The molecule has 0 bridgehead atoms. The van der Waals surface area contributed by atoms with Gasteiger partial charge in [-0.15, -0.1) is 0 Å². The first-order chi connectivity index (χ1) is 7.57. The number of nitrogens with zero attached hydrogens (tertiary/aromatic N) is 2. The van der Waals surface area contributed by atoms with Crippen LogP contribution in [0.1, 0.15) is 33.6 Å². The van der Waals surface area contributed by atoms with E-state index in [0.29, 0.717) is 5.92 Å². The SMILES string of the molecule is CCCCNC(=O)N1CCN(C)C1C(C)C. The molecule has 1 unspecified atom stereocenters. The molecule has 1 N–H and O–H groups in total. The monoisotopic (exact) mass is 227 g/mol. The quantitative estimate of drug-likeness (QED) is 0.742. The summed E-state index contributed by atoms with van der Waals surface area (Å²) >= 11 is 0. The lowest BCUT2D eigenvalue weighted by Gasteiger charge is -2.31. The molecule has 0 saturated carbocycles. The van der Waals surface area contributed by atoms with Crippen LogP contribution >= 0.6 is 0 Å². The number of carbonyl (C=O) groups excluding carboxylic acids is 1. The minimum Gasteiger partial charge on any atom is -0.338 e. The van der Waals surface area contributed by atoms with E-state index < -0.39 is 0 Å². The van der Waals surface area contributed by atoms with E-state index in [4.69, 9.17) is 0 Å². The molecule has 0 aromatic heterocycles. The smallest absolute Gasteiger partial charge is 0.318 e. The Balaban J connectivity index is 2.48. The zero-order chi connectivity index (χ0) is 12.1. The molecule has 0 aliphatic carbocycles. The maximum absolute atomic E-state index is 12.0. The summed E-state index contributed by atoms with van der Waals surface area (Å²) in [7, 11) is 2.09. The highest BCUT2D eigenvalue weighted by Gasteiger charge is 2.34. The predicted octanol–water partition coefficient (Wildman–Crippen LogP) is 1.73. The van der Waals surface area contributed by atoms with Crippen molar-refractivity contribution in [2.24, 2.45) is 5.92 Å². The molecule has 16 heavy (non-hydrogen) atoms. The lowest BCUT2D eigenvalue weighted by molar-refractivity contribution is 0.124. The Labute approximate surface area is 99.0 Å². The fourth-order valence-electron chi connectivity index (χ4n) is 2.33. The molecule has 0 aromatic carbocycles. The zero-order valence-electron chi connectivity index (χ0n) is 11.0. The molecule has 4 nitrogen and oxygen atoms in total. The van der Waals surface area contributed by atoms with Crippen LogP contribution in [0, 0.1) is 5.92 Å². The summed E-state index contributed by atoms with van der Waals surface area (Å²) in [5.41, 5.74) is 0. The van der Waals surface area contributed by atoms with Crippen LogP contribution in [0.25, 0.3) is 0 Å². The lowest BCUT2D eigenvalue weighted by atomic mass is 10.1. The Morgan fingerprint density at radius 1 is 1.44 bits per heavy atom. The fraction of sp³-hybridized carbons (Fsp3) is 0.917. The van der Waals surface area contributed by atoms with E-state index in [-0.39, 0.29) is 12.2 Å². The van der Waals surface area contributed by atoms with Crippen LogP contribution in [0.5, 0.6) is 0 Å². The number of hydrogen-bond donors (Lipinski definition) is 1. The van der Waals surface area contributed by atoms with Crippen molar-refractivity contribution in [3.63, 3.8) is 0 Å². The van der Waals surface area contributed by atoms with Crippen LogP contribution in [0.15, 0.2) is 0 Å². The number of rotatable bonds is 4. The average Bonchev–Trinajstić information content (AvgIpc) is 2.60. The van der Waals surface area contributed by atoms with Gasteiger partial charge in [0.2, 0.25) is 0 Å². The Kier molecular flexibility index (Phi) is 5.06. The number of likely N-dealkylation sites (N-methyl/N-ethyl adjacent to an activating group) is 1. The molecule has 1 rings (SSSR count). The third-order valence-electron chi connectivity index (χ3n) is 3.13. The summed E-state index contributed by atoms with van der Waals surface area (Å²) in [6.45, 7) is 9.08. The van der Waals surface area contributed by atoms with Crippen LogP contribution in [0.3, 0.4) is 0 Å². The Bertz CT molecular complexity index is 230. The van der Waals surface area contributed by atoms with Gasteiger partial charge in [-0.25, -0.2) is 4.79 Å². The molecule has 1 atom stereocenters.